The third-order valence-electron chi connectivity index (χ3n) is 6.72. The van der Waals surface area contributed by atoms with Gasteiger partial charge in [0.1, 0.15) is 11.9 Å². The van der Waals surface area contributed by atoms with Gasteiger partial charge in [-0.15, -0.1) is 0 Å². The van der Waals surface area contributed by atoms with Crippen molar-refractivity contribution in [1.29, 1.82) is 0 Å². The van der Waals surface area contributed by atoms with Gasteiger partial charge in [0.25, 0.3) is 0 Å². The van der Waals surface area contributed by atoms with Gasteiger partial charge in [-0.2, -0.15) is 0 Å². The Balaban J connectivity index is 1.86. The number of Topliss-reactive ketones (excluding diaryl/α,β-unsaturated/α-hetero) is 1. The van der Waals surface area contributed by atoms with Gasteiger partial charge in [-0.05, 0) is 68.6 Å². The summed E-state index contributed by atoms with van der Waals surface area (Å²) in [6.07, 6.45) is 9.97. The Morgan fingerprint density at radius 3 is 2.68 bits per heavy atom. The second kappa shape index (κ2) is 8.26. The van der Waals surface area contributed by atoms with Gasteiger partial charge in [-0.25, -0.2) is 4.79 Å². The van der Waals surface area contributed by atoms with Crippen LogP contribution >= 0.6 is 0 Å². The minimum Gasteiger partial charge on any atom is -0.497 e. The molecule has 28 heavy (non-hydrogen) atoms. The average Bonchev–Trinajstić information content (AvgIpc) is 2.94. The van der Waals surface area contributed by atoms with Crippen LogP contribution in [0.4, 0.5) is 0 Å². The summed E-state index contributed by atoms with van der Waals surface area (Å²) in [7, 11) is 0. The van der Waals surface area contributed by atoms with Crippen LogP contribution in [0, 0.1) is 23.2 Å². The Kier molecular flexibility index (Phi) is 6.16. The maximum absolute atomic E-state index is 13.2. The zero-order chi connectivity index (χ0) is 20.5. The molecule has 0 unspecified atom stereocenters. The molecule has 0 amide bonds. The molecule has 0 aromatic heterocycles. The number of esters is 1. The van der Waals surface area contributed by atoms with Crippen molar-refractivity contribution in [3.05, 3.63) is 35.1 Å². The van der Waals surface area contributed by atoms with Gasteiger partial charge >= 0.3 is 5.97 Å². The first-order valence-corrected chi connectivity index (χ1v) is 10.7. The quantitative estimate of drug-likeness (QED) is 0.627. The van der Waals surface area contributed by atoms with Gasteiger partial charge in [0, 0.05) is 16.6 Å². The molecule has 4 nitrogen and oxygen atoms in total. The van der Waals surface area contributed by atoms with Crippen LogP contribution in [0.2, 0.25) is 0 Å². The highest BCUT2D eigenvalue weighted by Gasteiger charge is 2.40. The smallest absolute Gasteiger partial charge is 0.334 e. The van der Waals surface area contributed by atoms with Crippen molar-refractivity contribution in [2.24, 2.45) is 23.2 Å². The maximum atomic E-state index is 13.2. The van der Waals surface area contributed by atoms with Crippen LogP contribution in [0.1, 0.15) is 66.7 Å². The zero-order valence-corrected chi connectivity index (χ0v) is 17.9. The number of carbonyl (C=O) groups excluding carboxylic acids is 2. The van der Waals surface area contributed by atoms with Crippen LogP contribution in [-0.4, -0.2) is 24.5 Å². The lowest BCUT2D eigenvalue weighted by Gasteiger charge is -2.37. The molecular weight excluding hydrogens is 352 g/mol. The summed E-state index contributed by atoms with van der Waals surface area (Å²) >= 11 is 0. The number of hydrogen-bond donors (Lipinski definition) is 0. The monoisotopic (exact) mass is 386 g/mol. The number of ether oxygens (including phenoxy) is 2. The fraction of sp³-hybridized carbons (Fsp3) is 0.667. The molecule has 2 aliphatic carbocycles. The van der Waals surface area contributed by atoms with Gasteiger partial charge in [-0.3, -0.25) is 4.79 Å². The second-order valence-electron chi connectivity index (χ2n) is 9.48. The molecule has 0 radical (unpaired) electrons. The lowest BCUT2D eigenvalue weighted by Crippen LogP contribution is -2.36. The molecular formula is C24H34O4. The molecule has 1 aliphatic heterocycles. The van der Waals surface area contributed by atoms with Gasteiger partial charge in [-0.1, -0.05) is 34.1 Å². The first-order valence-electron chi connectivity index (χ1n) is 10.7. The first-order chi connectivity index (χ1) is 13.2. The lowest BCUT2D eigenvalue weighted by atomic mass is 9.75. The van der Waals surface area contributed by atoms with Crippen LogP contribution < -0.4 is 0 Å². The third kappa shape index (κ3) is 4.42. The predicted molar refractivity (Wildman–Crippen MR) is 109 cm³/mol. The summed E-state index contributed by atoms with van der Waals surface area (Å²) in [6.45, 7) is 10.9. The molecule has 4 heteroatoms. The molecule has 0 bridgehead atoms. The van der Waals surface area contributed by atoms with Crippen molar-refractivity contribution in [2.75, 3.05) is 6.61 Å². The number of hydrogen-bond acceptors (Lipinski definition) is 4. The lowest BCUT2D eigenvalue weighted by molar-refractivity contribution is -0.151. The predicted octanol–water partition coefficient (Wildman–Crippen LogP) is 5.15. The number of ketones is 1. The van der Waals surface area contributed by atoms with Gasteiger partial charge in [0.2, 0.25) is 0 Å². The van der Waals surface area contributed by atoms with E-state index in [1.54, 1.807) is 12.2 Å². The van der Waals surface area contributed by atoms with Gasteiger partial charge in [0.15, 0.2) is 5.78 Å². The van der Waals surface area contributed by atoms with Crippen LogP contribution in [0.5, 0.6) is 0 Å². The summed E-state index contributed by atoms with van der Waals surface area (Å²) in [6, 6.07) is 0. The summed E-state index contributed by atoms with van der Waals surface area (Å²) in [5.41, 5.74) is 0.885. The third-order valence-corrected chi connectivity index (χ3v) is 6.72. The fourth-order valence-corrected chi connectivity index (χ4v) is 4.79. The van der Waals surface area contributed by atoms with Crippen molar-refractivity contribution in [3.8, 4) is 0 Å². The van der Waals surface area contributed by atoms with E-state index in [1.807, 2.05) is 6.08 Å². The van der Waals surface area contributed by atoms with E-state index in [4.69, 9.17) is 9.47 Å². The zero-order valence-electron chi connectivity index (χ0n) is 17.9. The Hall–Kier alpha value is -1.84. The van der Waals surface area contributed by atoms with E-state index in [9.17, 15) is 9.59 Å². The number of fused-ring (bicyclic) bond motifs is 1. The highest BCUT2D eigenvalue weighted by atomic mass is 16.5. The molecule has 0 N–H and O–H groups in total. The molecule has 1 saturated heterocycles. The standard InChI is InChI=1S/C24H34O4/c1-15(2)20-8-6-16(3)12-21(20)28-23(26)19-13-18(17(4)25)7-9-22-24(5,14-19)10-11-27-22/h7,9,13,15-16,20-21H,6,8,10-12,14H2,1-5H3/b18-7+,19-13+,22-9+/t16-,20+,21-,24+/m1/s1. The van der Waals surface area contributed by atoms with E-state index in [-0.39, 0.29) is 23.3 Å². The van der Waals surface area contributed by atoms with Crippen molar-refractivity contribution in [2.45, 2.75) is 72.8 Å². The first kappa shape index (κ1) is 20.9. The molecule has 154 valence electrons. The number of rotatable bonds is 4. The molecule has 4 atom stereocenters. The minimum atomic E-state index is -0.272. The Bertz CT molecular complexity index is 727. The van der Waals surface area contributed by atoms with Crippen LogP contribution in [0.15, 0.2) is 35.1 Å². The van der Waals surface area contributed by atoms with Gasteiger partial charge < -0.3 is 9.47 Å². The summed E-state index contributed by atoms with van der Waals surface area (Å²) in [5.74, 6) is 1.98. The molecule has 3 aliphatic rings. The van der Waals surface area contributed by atoms with E-state index in [0.29, 0.717) is 41.9 Å². The van der Waals surface area contributed by atoms with E-state index in [2.05, 4.69) is 27.7 Å². The van der Waals surface area contributed by atoms with E-state index < -0.39 is 0 Å². The summed E-state index contributed by atoms with van der Waals surface area (Å²) in [5, 5.41) is 0. The van der Waals surface area contributed by atoms with Crippen LogP contribution in [0.25, 0.3) is 0 Å². The Morgan fingerprint density at radius 1 is 1.25 bits per heavy atom. The topological polar surface area (TPSA) is 52.6 Å². The highest BCUT2D eigenvalue weighted by Crippen LogP contribution is 2.45. The largest absolute Gasteiger partial charge is 0.497 e. The summed E-state index contributed by atoms with van der Waals surface area (Å²) < 4.78 is 11.9. The Morgan fingerprint density at radius 2 is 2.00 bits per heavy atom. The Labute approximate surface area is 169 Å². The maximum Gasteiger partial charge on any atom is 0.334 e. The van der Waals surface area contributed by atoms with Crippen molar-refractivity contribution >= 4 is 11.8 Å². The molecule has 2 fully saturated rings. The molecule has 0 aromatic rings. The van der Waals surface area contributed by atoms with Crippen LogP contribution in [0.3, 0.4) is 0 Å². The molecule has 3 rings (SSSR count). The summed E-state index contributed by atoms with van der Waals surface area (Å²) in [4.78, 5) is 25.3. The van der Waals surface area contributed by atoms with Crippen LogP contribution in [-0.2, 0) is 19.1 Å². The number of allylic oxidation sites excluding steroid dienone is 5. The molecule has 0 spiro atoms. The van der Waals surface area contributed by atoms with Crippen molar-refractivity contribution < 1.29 is 19.1 Å². The van der Waals surface area contributed by atoms with Crippen molar-refractivity contribution in [1.82, 2.24) is 0 Å². The van der Waals surface area contributed by atoms with Crippen molar-refractivity contribution in [3.63, 3.8) is 0 Å². The highest BCUT2D eigenvalue weighted by molar-refractivity contribution is 5.99. The number of carbonyl (C=O) groups is 2. The minimum absolute atomic E-state index is 0.0463. The second-order valence-corrected chi connectivity index (χ2v) is 9.48. The molecule has 0 aromatic carbocycles. The molecule has 1 heterocycles. The normalized spacial score (nSPS) is 38.5. The van der Waals surface area contributed by atoms with Gasteiger partial charge in [0.05, 0.1) is 6.61 Å². The van der Waals surface area contributed by atoms with E-state index >= 15 is 0 Å². The molecule has 1 saturated carbocycles. The van der Waals surface area contributed by atoms with E-state index in [1.165, 1.54) is 13.3 Å². The fourth-order valence-electron chi connectivity index (χ4n) is 4.79. The average molecular weight is 387 g/mol. The SMILES string of the molecule is CC(=O)C1=C/C=C2/OCC[C@@]2(C)C/C(C(=O)O[C@@H]2C[C@H](C)CC[C@H]2C(C)C)=C\1. The van der Waals surface area contributed by atoms with E-state index in [0.717, 1.165) is 25.0 Å².